The van der Waals surface area contributed by atoms with Crippen LogP contribution in [0.1, 0.15) is 60.3 Å². The van der Waals surface area contributed by atoms with Crippen molar-refractivity contribution in [3.63, 3.8) is 0 Å². The lowest BCUT2D eigenvalue weighted by molar-refractivity contribution is 0.390. The fourth-order valence-corrected chi connectivity index (χ4v) is 3.17. The van der Waals surface area contributed by atoms with Crippen molar-refractivity contribution in [3.05, 3.63) is 11.3 Å². The van der Waals surface area contributed by atoms with Gasteiger partial charge in [-0.25, -0.2) is 0 Å². The highest BCUT2D eigenvalue weighted by Gasteiger charge is 2.34. The van der Waals surface area contributed by atoms with E-state index >= 15 is 0 Å². The molecular formula is C15H26N2. The Morgan fingerprint density at radius 2 is 1.94 bits per heavy atom. The van der Waals surface area contributed by atoms with Gasteiger partial charge in [-0.05, 0) is 58.4 Å². The van der Waals surface area contributed by atoms with E-state index in [0.717, 1.165) is 12.3 Å². The number of aliphatic imine (C=N–C) groups is 1. The SMILES string of the molecule is CC(C)N=C1CC2=C(CCCC2C)N1C(C)C. The van der Waals surface area contributed by atoms with Crippen LogP contribution in [0.2, 0.25) is 0 Å². The second kappa shape index (κ2) is 4.83. The van der Waals surface area contributed by atoms with Crippen molar-refractivity contribution >= 4 is 5.84 Å². The van der Waals surface area contributed by atoms with Gasteiger partial charge in [0.25, 0.3) is 0 Å². The summed E-state index contributed by atoms with van der Waals surface area (Å²) in [5.41, 5.74) is 3.27. The maximum atomic E-state index is 4.84. The van der Waals surface area contributed by atoms with Crippen LogP contribution in [0.5, 0.6) is 0 Å². The van der Waals surface area contributed by atoms with Gasteiger partial charge in [0.2, 0.25) is 0 Å². The van der Waals surface area contributed by atoms with Crippen LogP contribution in [-0.2, 0) is 0 Å². The summed E-state index contributed by atoms with van der Waals surface area (Å²) in [5, 5.41) is 0. The first-order valence-corrected chi connectivity index (χ1v) is 7.08. The van der Waals surface area contributed by atoms with Gasteiger partial charge in [-0.2, -0.15) is 0 Å². The molecule has 0 aromatic carbocycles. The Bertz CT molecular complexity index is 350. The summed E-state index contributed by atoms with van der Waals surface area (Å²) < 4.78 is 0. The first kappa shape index (κ1) is 12.7. The minimum atomic E-state index is 0.405. The van der Waals surface area contributed by atoms with E-state index in [2.05, 4.69) is 39.5 Å². The number of allylic oxidation sites excluding steroid dienone is 1. The molecule has 0 aromatic heterocycles. The Balaban J connectivity index is 2.33. The first-order chi connectivity index (χ1) is 8.00. The molecule has 0 aromatic rings. The van der Waals surface area contributed by atoms with Crippen molar-refractivity contribution in [2.75, 3.05) is 0 Å². The zero-order valence-electron chi connectivity index (χ0n) is 12.0. The molecule has 0 radical (unpaired) electrons. The maximum Gasteiger partial charge on any atom is 0.108 e. The number of rotatable bonds is 2. The fourth-order valence-electron chi connectivity index (χ4n) is 3.17. The third-order valence-electron chi connectivity index (χ3n) is 3.86. The second-order valence-electron chi connectivity index (χ2n) is 6.04. The smallest absolute Gasteiger partial charge is 0.108 e. The molecule has 1 heterocycles. The Hall–Kier alpha value is -0.790. The van der Waals surface area contributed by atoms with E-state index in [0.29, 0.717) is 12.1 Å². The Morgan fingerprint density at radius 1 is 1.24 bits per heavy atom. The molecule has 0 N–H and O–H groups in total. The molecule has 0 spiro atoms. The lowest BCUT2D eigenvalue weighted by Gasteiger charge is -2.30. The predicted octanol–water partition coefficient (Wildman–Crippen LogP) is 3.98. The topological polar surface area (TPSA) is 15.6 Å². The zero-order valence-corrected chi connectivity index (χ0v) is 12.0. The molecule has 2 rings (SSSR count). The standard InChI is InChI=1S/C15H26N2/c1-10(2)16-15-9-13-12(5)7-6-8-14(13)17(15)11(3)4/h10-12H,6-9H2,1-5H3. The normalized spacial score (nSPS) is 27.6. The first-order valence-electron chi connectivity index (χ1n) is 7.08. The van der Waals surface area contributed by atoms with Crippen LogP contribution < -0.4 is 0 Å². The van der Waals surface area contributed by atoms with E-state index in [1.165, 1.54) is 25.1 Å². The Morgan fingerprint density at radius 3 is 2.53 bits per heavy atom. The molecule has 2 heteroatoms. The predicted molar refractivity (Wildman–Crippen MR) is 74.2 cm³/mol. The third-order valence-corrected chi connectivity index (χ3v) is 3.86. The monoisotopic (exact) mass is 234 g/mol. The molecular weight excluding hydrogens is 208 g/mol. The van der Waals surface area contributed by atoms with E-state index in [4.69, 9.17) is 4.99 Å². The Kier molecular flexibility index (Phi) is 3.60. The molecule has 0 saturated heterocycles. The van der Waals surface area contributed by atoms with Gasteiger partial charge < -0.3 is 4.90 Å². The summed E-state index contributed by atoms with van der Waals surface area (Å²) in [4.78, 5) is 7.34. The van der Waals surface area contributed by atoms with E-state index in [-0.39, 0.29) is 0 Å². The van der Waals surface area contributed by atoms with E-state index in [1.807, 2.05) is 0 Å². The van der Waals surface area contributed by atoms with Crippen molar-refractivity contribution in [2.45, 2.75) is 72.4 Å². The molecule has 96 valence electrons. The van der Waals surface area contributed by atoms with Gasteiger partial charge >= 0.3 is 0 Å². The van der Waals surface area contributed by atoms with E-state index in [9.17, 15) is 0 Å². The highest BCUT2D eigenvalue weighted by molar-refractivity contribution is 5.90. The number of amidine groups is 1. The van der Waals surface area contributed by atoms with Gasteiger partial charge in [-0.3, -0.25) is 4.99 Å². The van der Waals surface area contributed by atoms with Crippen molar-refractivity contribution in [1.82, 2.24) is 4.90 Å². The van der Waals surface area contributed by atoms with E-state index < -0.39 is 0 Å². The molecule has 1 unspecified atom stereocenters. The summed E-state index contributed by atoms with van der Waals surface area (Å²) in [6.07, 6.45) is 5.07. The lowest BCUT2D eigenvalue weighted by atomic mass is 9.87. The average Bonchev–Trinajstić information content (AvgIpc) is 2.56. The van der Waals surface area contributed by atoms with Crippen LogP contribution in [0, 0.1) is 5.92 Å². The van der Waals surface area contributed by atoms with Crippen LogP contribution in [-0.4, -0.2) is 22.8 Å². The molecule has 2 nitrogen and oxygen atoms in total. The van der Waals surface area contributed by atoms with Gasteiger partial charge in [-0.1, -0.05) is 6.92 Å². The number of hydrogen-bond acceptors (Lipinski definition) is 1. The summed E-state index contributed by atoms with van der Waals surface area (Å²) >= 11 is 0. The molecule has 0 bridgehead atoms. The van der Waals surface area contributed by atoms with Crippen molar-refractivity contribution in [3.8, 4) is 0 Å². The molecule has 0 fully saturated rings. The quantitative estimate of drug-likeness (QED) is 0.705. The maximum absolute atomic E-state index is 4.84. The van der Waals surface area contributed by atoms with Crippen molar-refractivity contribution in [1.29, 1.82) is 0 Å². The largest absolute Gasteiger partial charge is 0.331 e. The number of hydrogen-bond donors (Lipinski definition) is 0. The Labute approximate surface area is 106 Å². The van der Waals surface area contributed by atoms with Crippen LogP contribution in [0.4, 0.5) is 0 Å². The van der Waals surface area contributed by atoms with Crippen LogP contribution in [0.3, 0.4) is 0 Å². The minimum Gasteiger partial charge on any atom is -0.331 e. The second-order valence-corrected chi connectivity index (χ2v) is 6.04. The summed E-state index contributed by atoms with van der Waals surface area (Å²) in [6.45, 7) is 11.3. The lowest BCUT2D eigenvalue weighted by Crippen LogP contribution is -2.33. The minimum absolute atomic E-state index is 0.405. The van der Waals surface area contributed by atoms with E-state index in [1.54, 1.807) is 11.3 Å². The van der Waals surface area contributed by atoms with Gasteiger partial charge in [-0.15, -0.1) is 0 Å². The summed E-state index contributed by atoms with van der Waals surface area (Å²) in [6, 6.07) is 0.952. The van der Waals surface area contributed by atoms with Gasteiger partial charge in [0.1, 0.15) is 5.84 Å². The number of nitrogens with zero attached hydrogens (tertiary/aromatic N) is 2. The molecule has 0 saturated carbocycles. The van der Waals surface area contributed by atoms with Gasteiger partial charge in [0, 0.05) is 24.2 Å². The van der Waals surface area contributed by atoms with Crippen LogP contribution in [0.25, 0.3) is 0 Å². The highest BCUT2D eigenvalue weighted by atomic mass is 15.2. The zero-order chi connectivity index (χ0) is 12.6. The van der Waals surface area contributed by atoms with Crippen LogP contribution in [0.15, 0.2) is 16.3 Å². The van der Waals surface area contributed by atoms with Gasteiger partial charge in [0.05, 0.1) is 0 Å². The van der Waals surface area contributed by atoms with Crippen LogP contribution >= 0.6 is 0 Å². The fraction of sp³-hybridized carbons (Fsp3) is 0.800. The molecule has 2 aliphatic rings. The third kappa shape index (κ3) is 2.41. The summed E-state index contributed by atoms with van der Waals surface area (Å²) in [5.74, 6) is 2.08. The molecule has 1 aliphatic heterocycles. The molecule has 1 aliphatic carbocycles. The molecule has 0 amide bonds. The molecule has 1 atom stereocenters. The van der Waals surface area contributed by atoms with Crippen molar-refractivity contribution in [2.24, 2.45) is 10.9 Å². The average molecular weight is 234 g/mol. The van der Waals surface area contributed by atoms with Gasteiger partial charge in [0.15, 0.2) is 0 Å². The highest BCUT2D eigenvalue weighted by Crippen LogP contribution is 2.40. The van der Waals surface area contributed by atoms with Crippen molar-refractivity contribution < 1.29 is 0 Å². The molecule has 17 heavy (non-hydrogen) atoms. The summed E-state index contributed by atoms with van der Waals surface area (Å²) in [7, 11) is 0.